The van der Waals surface area contributed by atoms with Gasteiger partial charge in [0, 0.05) is 0 Å². The van der Waals surface area contributed by atoms with Gasteiger partial charge < -0.3 is 4.55 Å². The van der Waals surface area contributed by atoms with E-state index in [-0.39, 0.29) is 51.4 Å². The minimum absolute atomic E-state index is 0. The summed E-state index contributed by atoms with van der Waals surface area (Å²) in [4.78, 5) is 0.442. The molecule has 0 saturated heterocycles. The van der Waals surface area contributed by atoms with Crippen molar-refractivity contribution in [1.29, 1.82) is 0 Å². The van der Waals surface area contributed by atoms with Crippen molar-refractivity contribution in [3.63, 3.8) is 0 Å². The van der Waals surface area contributed by atoms with Crippen LogP contribution in [0.15, 0.2) is 35.2 Å². The summed E-state index contributed by atoms with van der Waals surface area (Å²) >= 11 is -1.83. The number of rotatable bonds is 1. The topological polar surface area (TPSA) is 37.3 Å². The maximum Gasteiger partial charge on any atom is 1.00 e. The Morgan fingerprint density at radius 1 is 1.20 bits per heavy atom. The van der Waals surface area contributed by atoms with Crippen molar-refractivity contribution in [3.8, 4) is 0 Å². The second-order valence-corrected chi connectivity index (χ2v) is 2.53. The van der Waals surface area contributed by atoms with Crippen molar-refractivity contribution in [1.82, 2.24) is 0 Å². The zero-order valence-corrected chi connectivity index (χ0v) is 9.59. The summed E-state index contributed by atoms with van der Waals surface area (Å²) in [5, 5.41) is 0. The van der Waals surface area contributed by atoms with Crippen LogP contribution >= 0.6 is 0 Å². The molecule has 4 heteroatoms. The first kappa shape index (κ1) is 11.0. The minimum atomic E-state index is -1.83. The van der Waals surface area contributed by atoms with Crippen molar-refractivity contribution in [2.24, 2.45) is 0 Å². The van der Waals surface area contributed by atoms with Crippen LogP contribution in [0.5, 0.6) is 0 Å². The van der Waals surface area contributed by atoms with Crippen molar-refractivity contribution in [2.45, 2.75) is 4.90 Å². The number of hydrogen-bond donors (Lipinski definition) is 1. The molecule has 1 rings (SSSR count). The second-order valence-electron chi connectivity index (χ2n) is 1.56. The Bertz CT molecular complexity index is 212. The Balaban J connectivity index is 0.000000810. The predicted molar refractivity (Wildman–Crippen MR) is 35.5 cm³/mol. The van der Waals surface area contributed by atoms with Crippen molar-refractivity contribution in [2.75, 3.05) is 0 Å². The first-order chi connectivity index (χ1) is 4.30. The first-order valence-electron chi connectivity index (χ1n) is 2.46. The molecule has 1 aromatic carbocycles. The first-order valence-corrected chi connectivity index (χ1v) is 3.57. The van der Waals surface area contributed by atoms with Crippen LogP contribution in [0.25, 0.3) is 0 Å². The third-order valence-corrected chi connectivity index (χ3v) is 1.62. The monoisotopic (exact) mass is 181 g/mol. The van der Waals surface area contributed by atoms with Gasteiger partial charge >= 0.3 is 51.4 Å². The molecule has 0 aliphatic heterocycles. The van der Waals surface area contributed by atoms with E-state index in [9.17, 15) is 4.21 Å². The van der Waals surface area contributed by atoms with Gasteiger partial charge in [0.1, 0.15) is 0 Å². The Labute approximate surface area is 105 Å². The molecule has 0 amide bonds. The van der Waals surface area contributed by atoms with Crippen LogP contribution in [-0.2, 0) is 11.1 Å². The Hall–Kier alpha value is 0.966. The normalized spacial score (nSPS) is 11.7. The van der Waals surface area contributed by atoms with Crippen LogP contribution < -0.4 is 51.4 Å². The smallest absolute Gasteiger partial charge is 0.302 e. The van der Waals surface area contributed by atoms with Crippen molar-refractivity contribution >= 4 is 11.1 Å². The molecular formula is C6H6KO2S+. The summed E-state index contributed by atoms with van der Waals surface area (Å²) in [5.74, 6) is 0. The van der Waals surface area contributed by atoms with Crippen LogP contribution in [-0.4, -0.2) is 8.76 Å². The molecule has 0 bridgehead atoms. The van der Waals surface area contributed by atoms with Crippen molar-refractivity contribution in [3.05, 3.63) is 30.3 Å². The fourth-order valence-corrected chi connectivity index (χ4v) is 0.927. The molecule has 10 heavy (non-hydrogen) atoms. The quantitative estimate of drug-likeness (QED) is 0.413. The van der Waals surface area contributed by atoms with Crippen LogP contribution in [0.3, 0.4) is 0 Å². The number of hydrogen-bond acceptors (Lipinski definition) is 1. The van der Waals surface area contributed by atoms with Gasteiger partial charge in [-0.15, -0.1) is 0 Å². The Morgan fingerprint density at radius 3 is 2.00 bits per heavy atom. The molecule has 0 heterocycles. The van der Waals surface area contributed by atoms with Gasteiger partial charge in [-0.05, 0) is 12.1 Å². The number of benzene rings is 1. The largest absolute Gasteiger partial charge is 1.00 e. The molecular weight excluding hydrogens is 175 g/mol. The Morgan fingerprint density at radius 2 is 1.70 bits per heavy atom. The van der Waals surface area contributed by atoms with Crippen LogP contribution in [0.1, 0.15) is 0 Å². The second kappa shape index (κ2) is 5.60. The molecule has 0 aromatic heterocycles. The molecule has 1 N–H and O–H groups in total. The van der Waals surface area contributed by atoms with Gasteiger partial charge in [0.2, 0.25) is 0 Å². The molecule has 2 nitrogen and oxygen atoms in total. The molecule has 1 unspecified atom stereocenters. The third-order valence-electron chi connectivity index (χ3n) is 0.945. The standard InChI is InChI=1S/C6H6O2S.K/c7-9(8)6-4-2-1-3-5-6;/h1-5H,(H,7,8);/q;+1. The molecule has 0 saturated carbocycles. The maximum atomic E-state index is 10.3. The molecule has 0 aliphatic rings. The van der Waals surface area contributed by atoms with Crippen LogP contribution in [0.4, 0.5) is 0 Å². The van der Waals surface area contributed by atoms with E-state index in [4.69, 9.17) is 4.55 Å². The van der Waals surface area contributed by atoms with E-state index >= 15 is 0 Å². The van der Waals surface area contributed by atoms with Gasteiger partial charge in [0.15, 0.2) is 11.1 Å². The van der Waals surface area contributed by atoms with E-state index in [1.54, 1.807) is 30.3 Å². The predicted octanol–water partition coefficient (Wildman–Crippen LogP) is -1.73. The van der Waals surface area contributed by atoms with Gasteiger partial charge in [-0.2, -0.15) is 0 Å². The third kappa shape index (κ3) is 3.38. The van der Waals surface area contributed by atoms with E-state index in [1.165, 1.54) is 0 Å². The van der Waals surface area contributed by atoms with Gasteiger partial charge in [0.25, 0.3) is 0 Å². The SMILES string of the molecule is O=S(O)c1ccccc1.[K+]. The van der Waals surface area contributed by atoms with E-state index in [2.05, 4.69) is 0 Å². The average Bonchev–Trinajstić information content (AvgIpc) is 1.90. The van der Waals surface area contributed by atoms with Crippen LogP contribution in [0.2, 0.25) is 0 Å². The summed E-state index contributed by atoms with van der Waals surface area (Å²) in [5.41, 5.74) is 0. The van der Waals surface area contributed by atoms with Gasteiger partial charge in [0.05, 0.1) is 4.90 Å². The zero-order valence-electron chi connectivity index (χ0n) is 5.65. The van der Waals surface area contributed by atoms with E-state index in [0.29, 0.717) is 4.90 Å². The molecule has 0 spiro atoms. The summed E-state index contributed by atoms with van der Waals surface area (Å²) < 4.78 is 18.8. The van der Waals surface area contributed by atoms with E-state index in [0.717, 1.165) is 0 Å². The minimum Gasteiger partial charge on any atom is -0.302 e. The van der Waals surface area contributed by atoms with Crippen LogP contribution in [0, 0.1) is 0 Å². The fourth-order valence-electron chi connectivity index (χ4n) is 0.537. The molecule has 1 aromatic rings. The summed E-state index contributed by atoms with van der Waals surface area (Å²) in [6, 6.07) is 8.47. The zero-order chi connectivity index (χ0) is 6.69. The van der Waals surface area contributed by atoms with E-state index < -0.39 is 11.1 Å². The molecule has 0 radical (unpaired) electrons. The average molecular weight is 181 g/mol. The molecule has 0 aliphatic carbocycles. The van der Waals surface area contributed by atoms with E-state index in [1.807, 2.05) is 0 Å². The summed E-state index contributed by atoms with van der Waals surface area (Å²) in [6.45, 7) is 0. The van der Waals surface area contributed by atoms with Crippen molar-refractivity contribution < 1.29 is 60.1 Å². The maximum absolute atomic E-state index is 10.3. The summed E-state index contributed by atoms with van der Waals surface area (Å²) in [6.07, 6.45) is 0. The molecule has 1 atom stereocenters. The van der Waals surface area contributed by atoms with Gasteiger partial charge in [-0.1, -0.05) is 18.2 Å². The molecule has 0 fully saturated rings. The fraction of sp³-hybridized carbons (Fsp3) is 0. The summed E-state index contributed by atoms with van der Waals surface area (Å²) in [7, 11) is 0. The van der Waals surface area contributed by atoms with Gasteiger partial charge in [-0.3, -0.25) is 0 Å². The van der Waals surface area contributed by atoms with Gasteiger partial charge in [-0.25, -0.2) is 4.21 Å². The Kier molecular flexibility index (Phi) is 6.14. The molecule has 48 valence electrons.